The van der Waals surface area contributed by atoms with Crippen LogP contribution in [0.2, 0.25) is 0 Å². The van der Waals surface area contributed by atoms with Crippen molar-refractivity contribution >= 4 is 23.4 Å². The number of anilines is 2. The Bertz CT molecular complexity index is 527. The molecule has 0 saturated heterocycles. The predicted molar refractivity (Wildman–Crippen MR) is 78.0 cm³/mol. The van der Waals surface area contributed by atoms with Crippen LogP contribution < -0.4 is 16.4 Å². The number of ether oxygens (including phenoxy) is 1. The second kappa shape index (κ2) is 6.73. The molecule has 0 aliphatic rings. The number of nitro groups is 1. The van der Waals surface area contributed by atoms with E-state index in [4.69, 9.17) is 10.5 Å². The van der Waals surface area contributed by atoms with Crippen LogP contribution in [0.5, 0.6) is 0 Å². The number of carbonyl (C=O) groups excluding carboxylic acids is 1. The summed E-state index contributed by atoms with van der Waals surface area (Å²) in [6.07, 6.45) is -0.556. The van der Waals surface area contributed by atoms with Crippen molar-refractivity contribution in [3.05, 3.63) is 22.2 Å². The van der Waals surface area contributed by atoms with Crippen molar-refractivity contribution in [3.63, 3.8) is 0 Å². The number of rotatable bonds is 5. The summed E-state index contributed by atoms with van der Waals surface area (Å²) >= 11 is 0. The lowest BCUT2D eigenvalue weighted by Gasteiger charge is -2.19. The number of alkyl carbamates (subject to hydrolysis) is 1. The van der Waals surface area contributed by atoms with Crippen LogP contribution in [0.3, 0.4) is 0 Å². The Hall–Kier alpha value is -2.58. The minimum absolute atomic E-state index is 0.0611. The maximum absolute atomic E-state index is 11.4. The van der Waals surface area contributed by atoms with E-state index in [1.165, 1.54) is 12.1 Å². The van der Waals surface area contributed by atoms with Gasteiger partial charge in [0.25, 0.3) is 0 Å². The van der Waals surface area contributed by atoms with Gasteiger partial charge in [0.2, 0.25) is 5.82 Å². The first kappa shape index (κ1) is 16.5. The van der Waals surface area contributed by atoms with Crippen LogP contribution in [0.25, 0.3) is 0 Å². The number of amides is 1. The minimum Gasteiger partial charge on any atom is -0.444 e. The van der Waals surface area contributed by atoms with Crippen LogP contribution in [0.1, 0.15) is 20.8 Å². The van der Waals surface area contributed by atoms with Gasteiger partial charge in [0.1, 0.15) is 11.4 Å². The van der Waals surface area contributed by atoms with E-state index in [0.717, 1.165) is 0 Å². The van der Waals surface area contributed by atoms with Crippen LogP contribution in [0.4, 0.5) is 22.1 Å². The average molecular weight is 297 g/mol. The van der Waals surface area contributed by atoms with Gasteiger partial charge >= 0.3 is 11.8 Å². The van der Waals surface area contributed by atoms with Crippen LogP contribution in [0.15, 0.2) is 12.1 Å². The standard InChI is InChI=1S/C12H19N5O4/c1-12(2,3)21-11(18)15-7-6-14-10-8(17(19)20)4-5-9(13)16-10/h4-5H,6-7H2,1-3H3,(H,15,18)(H3,13,14,16). The Labute approximate surface area is 122 Å². The minimum atomic E-state index is -0.578. The van der Waals surface area contributed by atoms with Crippen molar-refractivity contribution in [2.45, 2.75) is 26.4 Å². The number of nitrogen functional groups attached to an aromatic ring is 1. The fraction of sp³-hybridized carbons (Fsp3) is 0.500. The van der Waals surface area contributed by atoms with Crippen molar-refractivity contribution in [2.24, 2.45) is 0 Å². The fourth-order valence-electron chi connectivity index (χ4n) is 1.40. The van der Waals surface area contributed by atoms with Crippen LogP contribution >= 0.6 is 0 Å². The monoisotopic (exact) mass is 297 g/mol. The largest absolute Gasteiger partial charge is 0.444 e. The molecule has 116 valence electrons. The third-order valence-corrected chi connectivity index (χ3v) is 2.18. The number of nitrogens with one attached hydrogen (secondary N) is 2. The van der Waals surface area contributed by atoms with E-state index in [1.807, 2.05) is 0 Å². The molecule has 0 spiro atoms. The van der Waals surface area contributed by atoms with Gasteiger partial charge in [-0.2, -0.15) is 0 Å². The molecule has 1 aromatic heterocycles. The first-order valence-corrected chi connectivity index (χ1v) is 6.30. The number of nitrogens with zero attached hydrogens (tertiary/aromatic N) is 2. The van der Waals surface area contributed by atoms with E-state index in [1.54, 1.807) is 20.8 Å². The summed E-state index contributed by atoms with van der Waals surface area (Å²) in [5.41, 5.74) is 4.73. The molecule has 0 fully saturated rings. The molecule has 4 N–H and O–H groups in total. The summed E-state index contributed by atoms with van der Waals surface area (Å²) in [5, 5.41) is 16.1. The van der Waals surface area contributed by atoms with Crippen molar-refractivity contribution in [1.82, 2.24) is 10.3 Å². The van der Waals surface area contributed by atoms with Crippen LogP contribution in [0, 0.1) is 10.1 Å². The number of carbonyl (C=O) groups is 1. The van der Waals surface area contributed by atoms with Gasteiger partial charge in [0, 0.05) is 19.2 Å². The highest BCUT2D eigenvalue weighted by atomic mass is 16.6. The van der Waals surface area contributed by atoms with Crippen molar-refractivity contribution in [3.8, 4) is 0 Å². The molecule has 1 heterocycles. The average Bonchev–Trinajstić information content (AvgIpc) is 2.32. The summed E-state index contributed by atoms with van der Waals surface area (Å²) in [6, 6.07) is 2.62. The quantitative estimate of drug-likeness (QED) is 0.426. The molecular weight excluding hydrogens is 278 g/mol. The van der Waals surface area contributed by atoms with E-state index in [0.29, 0.717) is 0 Å². The molecule has 21 heavy (non-hydrogen) atoms. The normalized spacial score (nSPS) is 10.8. The fourth-order valence-corrected chi connectivity index (χ4v) is 1.40. The van der Waals surface area contributed by atoms with Gasteiger partial charge in [-0.3, -0.25) is 10.1 Å². The molecule has 1 amide bonds. The smallest absolute Gasteiger partial charge is 0.407 e. The Balaban J connectivity index is 2.48. The highest BCUT2D eigenvalue weighted by Crippen LogP contribution is 2.22. The maximum atomic E-state index is 11.4. The lowest BCUT2D eigenvalue weighted by molar-refractivity contribution is -0.384. The summed E-state index contributed by atoms with van der Waals surface area (Å²) in [6.45, 7) is 5.74. The van der Waals surface area contributed by atoms with Gasteiger partial charge in [-0.1, -0.05) is 0 Å². The van der Waals surface area contributed by atoms with E-state index >= 15 is 0 Å². The Morgan fingerprint density at radius 3 is 2.67 bits per heavy atom. The molecular formula is C12H19N5O4. The maximum Gasteiger partial charge on any atom is 0.407 e. The van der Waals surface area contributed by atoms with E-state index in [-0.39, 0.29) is 30.4 Å². The third-order valence-electron chi connectivity index (χ3n) is 2.18. The van der Waals surface area contributed by atoms with Crippen molar-refractivity contribution < 1.29 is 14.5 Å². The topological polar surface area (TPSA) is 132 Å². The van der Waals surface area contributed by atoms with Gasteiger partial charge in [-0.15, -0.1) is 0 Å². The lowest BCUT2D eigenvalue weighted by Crippen LogP contribution is -2.35. The first-order chi connectivity index (χ1) is 9.69. The van der Waals surface area contributed by atoms with Gasteiger partial charge in [-0.25, -0.2) is 9.78 Å². The first-order valence-electron chi connectivity index (χ1n) is 6.30. The lowest BCUT2D eigenvalue weighted by atomic mass is 10.2. The number of hydrogen-bond acceptors (Lipinski definition) is 7. The highest BCUT2D eigenvalue weighted by Gasteiger charge is 2.17. The summed E-state index contributed by atoms with van der Waals surface area (Å²) in [4.78, 5) is 25.5. The van der Waals surface area contributed by atoms with Gasteiger partial charge in [-0.05, 0) is 26.8 Å². The van der Waals surface area contributed by atoms with Gasteiger partial charge in [0.15, 0.2) is 0 Å². The number of nitrogens with two attached hydrogens (primary N) is 1. The SMILES string of the molecule is CC(C)(C)OC(=O)NCCNc1nc(N)ccc1[N+](=O)[O-]. The summed E-state index contributed by atoms with van der Waals surface area (Å²) in [7, 11) is 0. The van der Waals surface area contributed by atoms with Crippen LogP contribution in [-0.2, 0) is 4.74 Å². The zero-order chi connectivity index (χ0) is 16.0. The van der Waals surface area contributed by atoms with Crippen LogP contribution in [-0.4, -0.2) is 34.7 Å². The molecule has 0 unspecified atom stereocenters. The Morgan fingerprint density at radius 2 is 2.10 bits per heavy atom. The second-order valence-corrected chi connectivity index (χ2v) is 5.22. The zero-order valence-corrected chi connectivity index (χ0v) is 12.2. The van der Waals surface area contributed by atoms with Crippen molar-refractivity contribution in [2.75, 3.05) is 24.1 Å². The molecule has 0 saturated carbocycles. The number of pyridine rings is 1. The summed E-state index contributed by atoms with van der Waals surface area (Å²) < 4.78 is 5.05. The molecule has 1 aromatic rings. The van der Waals surface area contributed by atoms with E-state index < -0.39 is 16.6 Å². The molecule has 9 nitrogen and oxygen atoms in total. The zero-order valence-electron chi connectivity index (χ0n) is 12.2. The Morgan fingerprint density at radius 1 is 1.43 bits per heavy atom. The highest BCUT2D eigenvalue weighted by molar-refractivity contribution is 5.67. The van der Waals surface area contributed by atoms with Gasteiger partial charge < -0.3 is 21.1 Å². The van der Waals surface area contributed by atoms with E-state index in [9.17, 15) is 14.9 Å². The second-order valence-electron chi connectivity index (χ2n) is 5.22. The Kier molecular flexibility index (Phi) is 5.28. The number of hydrogen-bond donors (Lipinski definition) is 3. The molecule has 0 bridgehead atoms. The van der Waals surface area contributed by atoms with E-state index in [2.05, 4.69) is 15.6 Å². The number of aromatic nitrogens is 1. The predicted octanol–water partition coefficient (Wildman–Crippen LogP) is 1.51. The molecule has 0 aliphatic carbocycles. The van der Waals surface area contributed by atoms with Gasteiger partial charge in [0.05, 0.1) is 4.92 Å². The molecule has 9 heteroatoms. The van der Waals surface area contributed by atoms with Crippen molar-refractivity contribution in [1.29, 1.82) is 0 Å². The molecule has 0 aromatic carbocycles. The molecule has 0 radical (unpaired) electrons. The molecule has 0 atom stereocenters. The third kappa shape index (κ3) is 5.93. The summed E-state index contributed by atoms with van der Waals surface area (Å²) in [5.74, 6) is 0.231. The molecule has 0 aliphatic heterocycles. The molecule has 1 rings (SSSR count).